The van der Waals surface area contributed by atoms with Crippen LogP contribution < -0.4 is 11.5 Å². The Hall–Kier alpha value is -3.84. The molecule has 1 fully saturated rings. The summed E-state index contributed by atoms with van der Waals surface area (Å²) < 4.78 is 21.0. The topological polar surface area (TPSA) is 160 Å². The van der Waals surface area contributed by atoms with Gasteiger partial charge in [-0.25, -0.2) is 14.2 Å². The first-order valence-electron chi connectivity index (χ1n) is 13.2. The molecule has 2 atom stereocenters. The minimum atomic E-state index is -0.941. The normalized spacial score (nSPS) is 21.5. The Morgan fingerprint density at radius 1 is 1.36 bits per heavy atom. The van der Waals surface area contributed by atoms with E-state index in [4.69, 9.17) is 16.2 Å². The van der Waals surface area contributed by atoms with Gasteiger partial charge in [0.15, 0.2) is 0 Å². The fourth-order valence-electron chi connectivity index (χ4n) is 5.56. The second kappa shape index (κ2) is 11.5. The van der Waals surface area contributed by atoms with E-state index in [0.29, 0.717) is 24.1 Å². The number of hydrogen-bond donors (Lipinski definition) is 3. The second-order valence-electron chi connectivity index (χ2n) is 11.0. The number of cyclic esters (lactones) is 1. The number of hydrogen-bond acceptors (Lipinski definition) is 8. The molecule has 1 aromatic heterocycles. The molecule has 0 spiro atoms. The van der Waals surface area contributed by atoms with Gasteiger partial charge >= 0.3 is 5.97 Å². The monoisotopic (exact) mass is 534 g/mol. The van der Waals surface area contributed by atoms with Gasteiger partial charge in [-0.05, 0) is 57.1 Å². The van der Waals surface area contributed by atoms with Crippen molar-refractivity contribution in [2.75, 3.05) is 0 Å². The Morgan fingerprint density at radius 2 is 2.10 bits per heavy atom. The Kier molecular flexibility index (Phi) is 8.31. The molecule has 2 aliphatic rings. The number of halogens is 1. The Labute approximate surface area is 227 Å². The molecule has 9 nitrogen and oxygen atoms in total. The van der Waals surface area contributed by atoms with Gasteiger partial charge in [-0.3, -0.25) is 9.97 Å². The number of carbonyl (C=O) groups excluding carboxylic acids is 1. The lowest BCUT2D eigenvalue weighted by Crippen LogP contribution is -2.46. The molecule has 0 bridgehead atoms. The average molecular weight is 535 g/mol. The summed E-state index contributed by atoms with van der Waals surface area (Å²) in [5.41, 5.74) is 11.8. The average Bonchev–Trinajstić information content (AvgIpc) is 3.46. The largest absolute Gasteiger partial charge is 0.512 e. The van der Waals surface area contributed by atoms with Crippen molar-refractivity contribution in [3.8, 4) is 6.07 Å². The van der Waals surface area contributed by atoms with E-state index in [1.165, 1.54) is 24.7 Å². The molecule has 0 radical (unpaired) electrons. The predicted octanol–water partition coefficient (Wildman–Crippen LogP) is 4.44. The van der Waals surface area contributed by atoms with E-state index in [1.807, 2.05) is 6.07 Å². The smallest absolute Gasteiger partial charge is 0.338 e. The van der Waals surface area contributed by atoms with E-state index in [2.05, 4.69) is 21.0 Å². The minimum absolute atomic E-state index is 0.0605. The third-order valence-electron chi connectivity index (χ3n) is 7.83. The fraction of sp³-hybridized carbons (Fsp3) is 0.483. The standard InChI is InChI=1S/C29H35FN6O3/c1-28(2,17-31)21-8-7-18(13-22(21)30)9-10-29(19-5-3-4-6-19)15-24(37)20(27(38)39-29)14-25(32)36-26(33)23-16-34-11-12-35-23/h7-8,11-13,16,19,26,37H,3-6,9-10,14-15,33H2,1-2H3,(H2,32,36). The van der Waals surface area contributed by atoms with Crippen molar-refractivity contribution in [3.63, 3.8) is 0 Å². The van der Waals surface area contributed by atoms with Crippen LogP contribution in [0, 0.1) is 23.1 Å². The van der Waals surface area contributed by atoms with Crippen LogP contribution in [0.3, 0.4) is 0 Å². The summed E-state index contributed by atoms with van der Waals surface area (Å²) in [7, 11) is 0. The Bertz CT molecular complexity index is 1310. The first-order chi connectivity index (χ1) is 18.5. The first kappa shape index (κ1) is 28.2. The van der Waals surface area contributed by atoms with Crippen LogP contribution in [0.15, 0.2) is 53.1 Å². The molecule has 1 aliphatic carbocycles. The number of nitrogens with two attached hydrogens (primary N) is 2. The van der Waals surface area contributed by atoms with Gasteiger partial charge < -0.3 is 21.3 Å². The van der Waals surface area contributed by atoms with Crippen LogP contribution in [0.2, 0.25) is 0 Å². The molecule has 1 saturated carbocycles. The molecule has 1 aromatic carbocycles. The number of rotatable bonds is 9. The SMILES string of the molecule is CC(C)(C#N)c1ccc(CCC2(C3CCCC3)CC(O)=C(C/C(N)=N/C(N)c3cnccn3)C(=O)O2)cc1F. The maximum atomic E-state index is 14.9. The summed E-state index contributed by atoms with van der Waals surface area (Å²) in [5.74, 6) is -0.983. The first-order valence-corrected chi connectivity index (χ1v) is 13.2. The van der Waals surface area contributed by atoms with Crippen LogP contribution in [-0.2, 0) is 21.4 Å². The van der Waals surface area contributed by atoms with Gasteiger partial charge in [0, 0.05) is 30.8 Å². The number of nitrogens with zero attached hydrogens (tertiary/aromatic N) is 4. The molecular weight excluding hydrogens is 499 g/mol. The number of aromatic nitrogens is 2. The maximum absolute atomic E-state index is 14.9. The van der Waals surface area contributed by atoms with Crippen LogP contribution >= 0.6 is 0 Å². The molecular formula is C29H35FN6O3. The van der Waals surface area contributed by atoms with E-state index in [9.17, 15) is 19.6 Å². The number of nitriles is 1. The van der Waals surface area contributed by atoms with E-state index in [-0.39, 0.29) is 35.9 Å². The minimum Gasteiger partial charge on any atom is -0.512 e. The van der Waals surface area contributed by atoms with Crippen LogP contribution in [-0.4, -0.2) is 32.5 Å². The van der Waals surface area contributed by atoms with Crippen molar-refractivity contribution in [1.82, 2.24) is 9.97 Å². The van der Waals surface area contributed by atoms with E-state index in [0.717, 1.165) is 31.2 Å². The summed E-state index contributed by atoms with van der Waals surface area (Å²) >= 11 is 0. The van der Waals surface area contributed by atoms with Gasteiger partial charge in [-0.2, -0.15) is 5.26 Å². The summed E-state index contributed by atoms with van der Waals surface area (Å²) in [6, 6.07) is 7.03. The second-order valence-corrected chi connectivity index (χ2v) is 11.0. The molecule has 206 valence electrons. The summed E-state index contributed by atoms with van der Waals surface area (Å²) in [5, 5.41) is 20.4. The van der Waals surface area contributed by atoms with Crippen LogP contribution in [0.25, 0.3) is 0 Å². The van der Waals surface area contributed by atoms with Crippen molar-refractivity contribution in [1.29, 1.82) is 5.26 Å². The fourth-order valence-corrected chi connectivity index (χ4v) is 5.56. The van der Waals surface area contributed by atoms with E-state index in [1.54, 1.807) is 19.9 Å². The summed E-state index contributed by atoms with van der Waals surface area (Å²) in [6.07, 6.45) is 8.37. The molecule has 1 aliphatic heterocycles. The quantitative estimate of drug-likeness (QED) is 0.242. The van der Waals surface area contributed by atoms with E-state index >= 15 is 0 Å². The van der Waals surface area contributed by atoms with Crippen LogP contribution in [0.4, 0.5) is 4.39 Å². The summed E-state index contributed by atoms with van der Waals surface area (Å²) in [6.45, 7) is 3.35. The molecule has 5 N–H and O–H groups in total. The molecule has 39 heavy (non-hydrogen) atoms. The van der Waals surface area contributed by atoms with Gasteiger partial charge in [-0.1, -0.05) is 25.0 Å². The van der Waals surface area contributed by atoms with Gasteiger partial charge in [0.25, 0.3) is 0 Å². The number of amidine groups is 1. The Balaban J connectivity index is 1.53. The lowest BCUT2D eigenvalue weighted by atomic mass is 9.76. The lowest BCUT2D eigenvalue weighted by Gasteiger charge is -2.42. The van der Waals surface area contributed by atoms with Gasteiger partial charge in [0.1, 0.15) is 29.2 Å². The molecule has 2 heterocycles. The highest BCUT2D eigenvalue weighted by Gasteiger charge is 2.48. The molecule has 10 heteroatoms. The number of esters is 1. The zero-order chi connectivity index (χ0) is 28.2. The zero-order valence-corrected chi connectivity index (χ0v) is 22.4. The molecule has 2 unspecified atom stereocenters. The number of aliphatic hydroxyl groups excluding tert-OH is 1. The highest BCUT2D eigenvalue weighted by atomic mass is 19.1. The molecule has 2 aromatic rings. The van der Waals surface area contributed by atoms with Crippen molar-refractivity contribution >= 4 is 11.8 Å². The maximum Gasteiger partial charge on any atom is 0.338 e. The van der Waals surface area contributed by atoms with Gasteiger partial charge in [0.05, 0.1) is 28.9 Å². The third-order valence-corrected chi connectivity index (χ3v) is 7.83. The van der Waals surface area contributed by atoms with Gasteiger partial charge in [0.2, 0.25) is 0 Å². The number of benzene rings is 1. The predicted molar refractivity (Wildman–Crippen MR) is 144 cm³/mol. The third kappa shape index (κ3) is 6.25. The zero-order valence-electron chi connectivity index (χ0n) is 22.4. The van der Waals surface area contributed by atoms with Crippen LogP contribution in [0.5, 0.6) is 0 Å². The van der Waals surface area contributed by atoms with Crippen LogP contribution in [0.1, 0.15) is 81.8 Å². The van der Waals surface area contributed by atoms with E-state index < -0.39 is 29.0 Å². The van der Waals surface area contributed by atoms with Crippen molar-refractivity contribution < 1.29 is 19.0 Å². The number of ether oxygens (including phenoxy) is 1. The molecule has 0 amide bonds. The number of carbonyl (C=O) groups is 1. The van der Waals surface area contributed by atoms with Gasteiger partial charge in [-0.15, -0.1) is 0 Å². The Morgan fingerprint density at radius 3 is 2.72 bits per heavy atom. The molecule has 4 rings (SSSR count). The van der Waals surface area contributed by atoms with Crippen molar-refractivity contribution in [2.45, 2.75) is 82.4 Å². The highest BCUT2D eigenvalue weighted by Crippen LogP contribution is 2.46. The number of aliphatic hydroxyl groups is 1. The number of aryl methyl sites for hydroxylation is 1. The summed E-state index contributed by atoms with van der Waals surface area (Å²) in [4.78, 5) is 25.5. The van der Waals surface area contributed by atoms with Crippen molar-refractivity contribution in [2.24, 2.45) is 22.4 Å². The van der Waals surface area contributed by atoms with Crippen molar-refractivity contribution in [3.05, 3.63) is 70.8 Å². The number of aliphatic imine (C=N–C) groups is 1. The lowest BCUT2D eigenvalue weighted by molar-refractivity contribution is -0.167. The molecule has 0 saturated heterocycles. The highest BCUT2D eigenvalue weighted by molar-refractivity contribution is 5.97.